The lowest BCUT2D eigenvalue weighted by Crippen LogP contribution is -2.45. The van der Waals surface area contributed by atoms with Crippen LogP contribution in [0.2, 0.25) is 0 Å². The van der Waals surface area contributed by atoms with E-state index in [9.17, 15) is 4.79 Å². The predicted octanol–water partition coefficient (Wildman–Crippen LogP) is 0.957. The number of amides is 1. The van der Waals surface area contributed by atoms with Crippen LogP contribution in [0.1, 0.15) is 12.1 Å². The van der Waals surface area contributed by atoms with Crippen LogP contribution in [0.3, 0.4) is 0 Å². The molecule has 1 atom stereocenters. The molecular formula is C16H22N4O. The Morgan fingerprint density at radius 2 is 2.24 bits per heavy atom. The fraction of sp³-hybridized carbons (Fsp3) is 0.500. The highest BCUT2D eigenvalue weighted by Gasteiger charge is 2.25. The minimum Gasteiger partial charge on any atom is -0.370 e. The number of nitrogens with zero attached hydrogens (tertiary/aromatic N) is 3. The van der Waals surface area contributed by atoms with Crippen LogP contribution in [0.4, 0.5) is 5.69 Å². The van der Waals surface area contributed by atoms with Gasteiger partial charge in [-0.15, -0.1) is 0 Å². The van der Waals surface area contributed by atoms with Crippen molar-refractivity contribution in [1.82, 2.24) is 15.2 Å². The third-order valence-electron chi connectivity index (χ3n) is 4.10. The zero-order chi connectivity index (χ0) is 14.7. The third kappa shape index (κ3) is 3.24. The second kappa shape index (κ2) is 6.26. The van der Waals surface area contributed by atoms with Crippen molar-refractivity contribution in [2.75, 3.05) is 37.6 Å². The molecular weight excluding hydrogens is 264 g/mol. The molecule has 2 aliphatic heterocycles. The second-order valence-corrected chi connectivity index (χ2v) is 5.64. The van der Waals surface area contributed by atoms with E-state index < -0.39 is 0 Å². The minimum atomic E-state index is -0.125. The Balaban J connectivity index is 1.64. The van der Waals surface area contributed by atoms with Gasteiger partial charge in [0, 0.05) is 50.3 Å². The summed E-state index contributed by atoms with van der Waals surface area (Å²) in [6, 6.07) is 4.03. The highest BCUT2D eigenvalue weighted by Crippen LogP contribution is 2.17. The van der Waals surface area contributed by atoms with Crippen molar-refractivity contribution in [1.29, 1.82) is 0 Å². The molecule has 5 nitrogen and oxygen atoms in total. The number of aromatic nitrogens is 1. The van der Waals surface area contributed by atoms with Gasteiger partial charge in [0.1, 0.15) is 6.04 Å². The summed E-state index contributed by atoms with van der Waals surface area (Å²) in [5, 5.41) is 3.20. The number of anilines is 1. The number of nitrogens with one attached hydrogen (secondary N) is 1. The summed E-state index contributed by atoms with van der Waals surface area (Å²) in [7, 11) is 0. The molecule has 2 aliphatic rings. The molecule has 21 heavy (non-hydrogen) atoms. The van der Waals surface area contributed by atoms with Crippen LogP contribution in [0.15, 0.2) is 30.5 Å². The Morgan fingerprint density at radius 1 is 1.33 bits per heavy atom. The molecule has 0 radical (unpaired) electrons. The predicted molar refractivity (Wildman–Crippen MR) is 83.3 cm³/mol. The standard InChI is InChI=1S/C16H22N4O/c1-13-12-14(5-7-17-13)19-8-3-9-20(11-10-19)16(21)15-4-2-6-18-15/h2,4-5,7,12,15,18H,3,6,8-11H2,1H3. The van der Waals surface area contributed by atoms with Gasteiger partial charge in [0.05, 0.1) is 0 Å². The van der Waals surface area contributed by atoms with E-state index in [0.717, 1.165) is 44.8 Å². The molecule has 112 valence electrons. The van der Waals surface area contributed by atoms with Crippen LogP contribution in [0.25, 0.3) is 0 Å². The summed E-state index contributed by atoms with van der Waals surface area (Å²) in [6.07, 6.45) is 6.85. The van der Waals surface area contributed by atoms with Crippen LogP contribution in [0.5, 0.6) is 0 Å². The van der Waals surface area contributed by atoms with Crippen molar-refractivity contribution in [2.45, 2.75) is 19.4 Å². The molecule has 1 unspecified atom stereocenters. The number of hydrogen-bond donors (Lipinski definition) is 1. The van der Waals surface area contributed by atoms with Gasteiger partial charge in [-0.1, -0.05) is 12.2 Å². The quantitative estimate of drug-likeness (QED) is 0.823. The molecule has 0 aromatic carbocycles. The molecule has 1 aromatic rings. The van der Waals surface area contributed by atoms with Gasteiger partial charge in [0.15, 0.2) is 0 Å². The summed E-state index contributed by atoms with van der Waals surface area (Å²) >= 11 is 0. The zero-order valence-electron chi connectivity index (χ0n) is 12.5. The molecule has 1 N–H and O–H groups in total. The highest BCUT2D eigenvalue weighted by molar-refractivity contribution is 5.84. The molecule has 1 aromatic heterocycles. The second-order valence-electron chi connectivity index (χ2n) is 5.64. The van der Waals surface area contributed by atoms with Crippen LogP contribution in [0, 0.1) is 6.92 Å². The molecule has 0 spiro atoms. The first-order valence-electron chi connectivity index (χ1n) is 7.60. The van der Waals surface area contributed by atoms with Crippen molar-refractivity contribution >= 4 is 11.6 Å². The molecule has 3 heterocycles. The summed E-state index contributed by atoms with van der Waals surface area (Å²) in [4.78, 5) is 21.0. The van der Waals surface area contributed by atoms with Crippen molar-refractivity contribution < 1.29 is 4.79 Å². The van der Waals surface area contributed by atoms with Crippen molar-refractivity contribution in [3.05, 3.63) is 36.2 Å². The van der Waals surface area contributed by atoms with Crippen LogP contribution >= 0.6 is 0 Å². The Morgan fingerprint density at radius 3 is 3.00 bits per heavy atom. The number of aryl methyl sites for hydroxylation is 1. The average Bonchev–Trinajstić information content (AvgIpc) is 2.91. The van der Waals surface area contributed by atoms with Crippen molar-refractivity contribution in [3.63, 3.8) is 0 Å². The summed E-state index contributed by atoms with van der Waals surface area (Å²) in [5.74, 6) is 0.205. The van der Waals surface area contributed by atoms with Crippen LogP contribution in [-0.4, -0.2) is 54.6 Å². The Bertz CT molecular complexity index is 543. The van der Waals surface area contributed by atoms with E-state index in [4.69, 9.17) is 0 Å². The zero-order valence-corrected chi connectivity index (χ0v) is 12.5. The molecule has 5 heteroatoms. The molecule has 0 aliphatic carbocycles. The normalized spacial score (nSPS) is 22.4. The van der Waals surface area contributed by atoms with E-state index in [1.54, 1.807) is 0 Å². The van der Waals surface area contributed by atoms with Gasteiger partial charge in [-0.2, -0.15) is 0 Å². The lowest BCUT2D eigenvalue weighted by molar-refractivity contribution is -0.131. The molecule has 1 fully saturated rings. The lowest BCUT2D eigenvalue weighted by Gasteiger charge is -2.25. The maximum atomic E-state index is 12.4. The van der Waals surface area contributed by atoms with E-state index in [1.165, 1.54) is 5.69 Å². The molecule has 0 bridgehead atoms. The van der Waals surface area contributed by atoms with Gasteiger partial charge >= 0.3 is 0 Å². The summed E-state index contributed by atoms with van der Waals surface area (Å²) in [5.41, 5.74) is 2.24. The first-order chi connectivity index (χ1) is 10.2. The summed E-state index contributed by atoms with van der Waals surface area (Å²) < 4.78 is 0. The van der Waals surface area contributed by atoms with Gasteiger partial charge in [0.2, 0.25) is 5.91 Å². The molecule has 0 saturated carbocycles. The smallest absolute Gasteiger partial charge is 0.243 e. The maximum absolute atomic E-state index is 12.4. The maximum Gasteiger partial charge on any atom is 0.243 e. The number of hydrogen-bond acceptors (Lipinski definition) is 4. The lowest BCUT2D eigenvalue weighted by atomic mass is 10.2. The van der Waals surface area contributed by atoms with E-state index >= 15 is 0 Å². The Labute approximate surface area is 125 Å². The van der Waals surface area contributed by atoms with Gasteiger partial charge in [-0.3, -0.25) is 15.1 Å². The van der Waals surface area contributed by atoms with Gasteiger partial charge < -0.3 is 9.80 Å². The van der Waals surface area contributed by atoms with Gasteiger partial charge in [0.25, 0.3) is 0 Å². The first kappa shape index (κ1) is 14.1. The minimum absolute atomic E-state index is 0.125. The topological polar surface area (TPSA) is 48.5 Å². The van der Waals surface area contributed by atoms with Crippen molar-refractivity contribution in [3.8, 4) is 0 Å². The largest absolute Gasteiger partial charge is 0.370 e. The van der Waals surface area contributed by atoms with Crippen molar-refractivity contribution in [2.24, 2.45) is 0 Å². The fourth-order valence-electron chi connectivity index (χ4n) is 2.96. The average molecular weight is 286 g/mol. The van der Waals surface area contributed by atoms with Gasteiger partial charge in [-0.25, -0.2) is 0 Å². The molecule has 1 amide bonds. The number of pyridine rings is 1. The first-order valence-corrected chi connectivity index (χ1v) is 7.60. The Kier molecular flexibility index (Phi) is 4.20. The number of carbonyl (C=O) groups is 1. The number of carbonyl (C=O) groups excluding carboxylic acids is 1. The highest BCUT2D eigenvalue weighted by atomic mass is 16.2. The third-order valence-corrected chi connectivity index (χ3v) is 4.10. The summed E-state index contributed by atoms with van der Waals surface area (Å²) in [6.45, 7) is 6.30. The van der Waals surface area contributed by atoms with Crippen LogP contribution in [-0.2, 0) is 4.79 Å². The number of rotatable bonds is 2. The van der Waals surface area contributed by atoms with E-state index in [0.29, 0.717) is 0 Å². The van der Waals surface area contributed by atoms with E-state index in [-0.39, 0.29) is 11.9 Å². The fourth-order valence-corrected chi connectivity index (χ4v) is 2.96. The van der Waals surface area contributed by atoms with E-state index in [1.807, 2.05) is 36.2 Å². The Hall–Kier alpha value is -1.88. The SMILES string of the molecule is Cc1cc(N2CCCN(C(=O)C3C=CCN3)CC2)ccn1. The molecule has 3 rings (SSSR count). The van der Waals surface area contributed by atoms with Crippen LogP contribution < -0.4 is 10.2 Å². The van der Waals surface area contributed by atoms with Gasteiger partial charge in [-0.05, 0) is 25.5 Å². The molecule has 1 saturated heterocycles. The van der Waals surface area contributed by atoms with E-state index in [2.05, 4.69) is 21.3 Å². The monoisotopic (exact) mass is 286 g/mol.